The summed E-state index contributed by atoms with van der Waals surface area (Å²) >= 11 is 0. The van der Waals surface area contributed by atoms with Gasteiger partial charge < -0.3 is 10.4 Å². The highest BCUT2D eigenvalue weighted by Gasteiger charge is 2.44. The first-order chi connectivity index (χ1) is 12.0. The van der Waals surface area contributed by atoms with Crippen LogP contribution in [0.15, 0.2) is 30.3 Å². The zero-order chi connectivity index (χ0) is 17.9. The summed E-state index contributed by atoms with van der Waals surface area (Å²) in [4.78, 5) is 26.0. The molecule has 0 aliphatic heterocycles. The molecule has 136 valence electrons. The van der Waals surface area contributed by atoms with Gasteiger partial charge in [0.2, 0.25) is 5.91 Å². The Kier molecular flexibility index (Phi) is 5.42. The lowest BCUT2D eigenvalue weighted by atomic mass is 9.76. The Hall–Kier alpha value is -1.88. The third-order valence-corrected chi connectivity index (χ3v) is 5.93. The summed E-state index contributed by atoms with van der Waals surface area (Å²) in [5, 5.41) is 12.2. The van der Waals surface area contributed by atoms with E-state index in [4.69, 9.17) is 5.11 Å². The maximum atomic E-state index is 13.1. The van der Waals surface area contributed by atoms with Crippen molar-refractivity contribution < 1.29 is 14.7 Å². The number of hydrogen-bond acceptors (Lipinski definition) is 3. The summed E-state index contributed by atoms with van der Waals surface area (Å²) in [6, 6.07) is 10.6. The predicted octanol–water partition coefficient (Wildman–Crippen LogP) is 2.55. The van der Waals surface area contributed by atoms with Crippen molar-refractivity contribution in [2.45, 2.75) is 62.9 Å². The molecule has 0 spiro atoms. The van der Waals surface area contributed by atoms with Crippen LogP contribution in [0.1, 0.15) is 51.0 Å². The standard InChI is InChI=1S/C20H28N2O3/c1-2-22(14-18(23)24)17-12-16(13-17)21-19(25)20(10-6-7-11-20)15-8-4-3-5-9-15/h3-5,8-9,16-17H,2,6-7,10-14H2,1H3,(H,21,25)(H,23,24). The number of carbonyl (C=O) groups excluding carboxylic acids is 1. The molecule has 0 radical (unpaired) electrons. The largest absolute Gasteiger partial charge is 0.480 e. The number of hydrogen-bond donors (Lipinski definition) is 2. The SMILES string of the molecule is CCN(CC(=O)O)C1CC(NC(=O)C2(c3ccccc3)CCCC2)C1. The van der Waals surface area contributed by atoms with E-state index in [0.717, 1.165) is 50.6 Å². The first-order valence-electron chi connectivity index (χ1n) is 9.37. The summed E-state index contributed by atoms with van der Waals surface area (Å²) in [7, 11) is 0. The van der Waals surface area contributed by atoms with Gasteiger partial charge in [-0.2, -0.15) is 0 Å². The summed E-state index contributed by atoms with van der Waals surface area (Å²) < 4.78 is 0. The predicted molar refractivity (Wildman–Crippen MR) is 96.4 cm³/mol. The Morgan fingerprint density at radius 1 is 1.20 bits per heavy atom. The van der Waals surface area contributed by atoms with E-state index >= 15 is 0 Å². The smallest absolute Gasteiger partial charge is 0.317 e. The number of rotatable bonds is 7. The molecule has 0 unspecified atom stereocenters. The number of carboxylic acid groups (broad SMARTS) is 1. The molecule has 1 aromatic rings. The third kappa shape index (κ3) is 3.71. The van der Waals surface area contributed by atoms with Crippen molar-refractivity contribution in [1.82, 2.24) is 10.2 Å². The van der Waals surface area contributed by atoms with Crippen molar-refractivity contribution in [2.24, 2.45) is 0 Å². The van der Waals surface area contributed by atoms with Gasteiger partial charge in [-0.15, -0.1) is 0 Å². The van der Waals surface area contributed by atoms with Gasteiger partial charge in [0.15, 0.2) is 0 Å². The fourth-order valence-corrected chi connectivity index (χ4v) is 4.38. The van der Waals surface area contributed by atoms with Crippen molar-refractivity contribution in [3.8, 4) is 0 Å². The quantitative estimate of drug-likeness (QED) is 0.797. The van der Waals surface area contributed by atoms with E-state index in [0.29, 0.717) is 0 Å². The molecule has 5 heteroatoms. The van der Waals surface area contributed by atoms with Gasteiger partial charge in [-0.1, -0.05) is 50.1 Å². The number of carboxylic acids is 1. The molecule has 25 heavy (non-hydrogen) atoms. The molecular formula is C20H28N2O3. The Labute approximate surface area is 149 Å². The van der Waals surface area contributed by atoms with Gasteiger partial charge in [-0.05, 0) is 37.8 Å². The monoisotopic (exact) mass is 344 g/mol. The summed E-state index contributed by atoms with van der Waals surface area (Å²) in [5.74, 6) is -0.635. The van der Waals surface area contributed by atoms with E-state index in [-0.39, 0.29) is 30.0 Å². The average Bonchev–Trinajstić information content (AvgIpc) is 3.07. The molecule has 1 aromatic carbocycles. The minimum atomic E-state index is -0.789. The van der Waals surface area contributed by atoms with Crippen molar-refractivity contribution in [3.63, 3.8) is 0 Å². The first kappa shape index (κ1) is 17.9. The van der Waals surface area contributed by atoms with Crippen molar-refractivity contribution >= 4 is 11.9 Å². The molecule has 1 amide bonds. The van der Waals surface area contributed by atoms with Crippen LogP contribution in [0.2, 0.25) is 0 Å². The lowest BCUT2D eigenvalue weighted by molar-refractivity contribution is -0.140. The van der Waals surface area contributed by atoms with Crippen molar-refractivity contribution in [1.29, 1.82) is 0 Å². The molecule has 2 fully saturated rings. The van der Waals surface area contributed by atoms with E-state index in [1.165, 1.54) is 0 Å². The topological polar surface area (TPSA) is 69.6 Å². The van der Waals surface area contributed by atoms with E-state index < -0.39 is 5.97 Å². The van der Waals surface area contributed by atoms with Crippen molar-refractivity contribution in [2.75, 3.05) is 13.1 Å². The molecule has 3 rings (SSSR count). The highest BCUT2D eigenvalue weighted by Crippen LogP contribution is 2.42. The normalized spacial score (nSPS) is 24.7. The van der Waals surface area contributed by atoms with Crippen LogP contribution < -0.4 is 5.32 Å². The minimum Gasteiger partial charge on any atom is -0.480 e. The second kappa shape index (κ2) is 7.56. The first-order valence-corrected chi connectivity index (χ1v) is 9.37. The number of nitrogens with zero attached hydrogens (tertiary/aromatic N) is 1. The summed E-state index contributed by atoms with van der Waals surface area (Å²) in [6.45, 7) is 2.79. The molecule has 0 aromatic heterocycles. The number of aliphatic carboxylic acids is 1. The Morgan fingerprint density at radius 3 is 2.40 bits per heavy atom. The van der Waals surface area contributed by atoms with E-state index in [1.807, 2.05) is 30.0 Å². The molecule has 0 bridgehead atoms. The van der Waals surface area contributed by atoms with E-state index in [9.17, 15) is 9.59 Å². The molecule has 2 saturated carbocycles. The van der Waals surface area contributed by atoms with Crippen LogP contribution in [0.4, 0.5) is 0 Å². The molecule has 2 aliphatic rings. The number of amides is 1. The number of carbonyl (C=O) groups is 2. The lowest BCUT2D eigenvalue weighted by Gasteiger charge is -2.43. The molecule has 5 nitrogen and oxygen atoms in total. The Morgan fingerprint density at radius 2 is 1.84 bits per heavy atom. The fraction of sp³-hybridized carbons (Fsp3) is 0.600. The van der Waals surface area contributed by atoms with Crippen molar-refractivity contribution in [3.05, 3.63) is 35.9 Å². The van der Waals surface area contributed by atoms with Crippen LogP contribution in [-0.2, 0) is 15.0 Å². The zero-order valence-electron chi connectivity index (χ0n) is 14.9. The van der Waals surface area contributed by atoms with Gasteiger partial charge in [-0.3, -0.25) is 14.5 Å². The van der Waals surface area contributed by atoms with Gasteiger partial charge in [0.1, 0.15) is 0 Å². The van der Waals surface area contributed by atoms with Gasteiger partial charge in [0.25, 0.3) is 0 Å². The van der Waals surface area contributed by atoms with Crippen LogP contribution in [0.25, 0.3) is 0 Å². The Balaban J connectivity index is 1.60. The summed E-state index contributed by atoms with van der Waals surface area (Å²) in [6.07, 6.45) is 5.71. The highest BCUT2D eigenvalue weighted by molar-refractivity contribution is 5.89. The molecular weight excluding hydrogens is 316 g/mol. The van der Waals surface area contributed by atoms with Gasteiger partial charge in [0.05, 0.1) is 12.0 Å². The minimum absolute atomic E-state index is 0.0792. The molecule has 0 heterocycles. The molecule has 0 atom stereocenters. The van der Waals surface area contributed by atoms with Gasteiger partial charge in [0, 0.05) is 12.1 Å². The fourth-order valence-electron chi connectivity index (χ4n) is 4.38. The highest BCUT2D eigenvalue weighted by atomic mass is 16.4. The van der Waals surface area contributed by atoms with Crippen LogP contribution in [0.5, 0.6) is 0 Å². The maximum absolute atomic E-state index is 13.1. The number of likely N-dealkylation sites (N-methyl/N-ethyl adjacent to an activating group) is 1. The Bertz CT molecular complexity index is 605. The van der Waals surface area contributed by atoms with Crippen LogP contribution in [-0.4, -0.2) is 47.1 Å². The van der Waals surface area contributed by atoms with E-state index in [1.54, 1.807) is 0 Å². The lowest BCUT2D eigenvalue weighted by Crippen LogP contribution is -2.57. The number of benzene rings is 1. The average molecular weight is 344 g/mol. The molecule has 0 saturated heterocycles. The molecule has 2 N–H and O–H groups in total. The van der Waals surface area contributed by atoms with Crippen LogP contribution in [0, 0.1) is 0 Å². The third-order valence-electron chi connectivity index (χ3n) is 5.93. The second-order valence-corrected chi connectivity index (χ2v) is 7.41. The molecule has 2 aliphatic carbocycles. The second-order valence-electron chi connectivity index (χ2n) is 7.41. The van der Waals surface area contributed by atoms with E-state index in [2.05, 4.69) is 17.4 Å². The van der Waals surface area contributed by atoms with Gasteiger partial charge >= 0.3 is 5.97 Å². The number of nitrogens with one attached hydrogen (secondary N) is 1. The maximum Gasteiger partial charge on any atom is 0.317 e. The van der Waals surface area contributed by atoms with Crippen LogP contribution in [0.3, 0.4) is 0 Å². The van der Waals surface area contributed by atoms with Crippen LogP contribution >= 0.6 is 0 Å². The zero-order valence-corrected chi connectivity index (χ0v) is 14.9. The summed E-state index contributed by atoms with van der Waals surface area (Å²) in [5.41, 5.74) is 0.750. The van der Waals surface area contributed by atoms with Gasteiger partial charge in [-0.25, -0.2) is 0 Å².